The van der Waals surface area contributed by atoms with E-state index in [1.807, 2.05) is 0 Å². The summed E-state index contributed by atoms with van der Waals surface area (Å²) in [6.45, 7) is 1.70. The van der Waals surface area contributed by atoms with Crippen LogP contribution in [0.4, 0.5) is 0 Å². The number of rotatable bonds is 3. The lowest BCUT2D eigenvalue weighted by Crippen LogP contribution is -1.93. The first-order valence-electron chi connectivity index (χ1n) is 5.68. The number of aliphatic hydroxyl groups is 1. The number of hydrogen-bond donors (Lipinski definition) is 1. The third kappa shape index (κ3) is 3.68. The van der Waals surface area contributed by atoms with Gasteiger partial charge in [0.1, 0.15) is 11.5 Å². The van der Waals surface area contributed by atoms with Crippen molar-refractivity contribution in [1.82, 2.24) is 0 Å². The Labute approximate surface area is 143 Å². The lowest BCUT2D eigenvalue weighted by molar-refractivity contribution is 0.198. The molecule has 0 aliphatic carbocycles. The van der Waals surface area contributed by atoms with Crippen molar-refractivity contribution in [3.8, 4) is 11.5 Å². The topological polar surface area (TPSA) is 29.5 Å². The summed E-state index contributed by atoms with van der Waals surface area (Å²) in [7, 11) is 0. The van der Waals surface area contributed by atoms with Crippen LogP contribution in [0, 0.1) is 0 Å². The Morgan fingerprint density at radius 3 is 2.35 bits per heavy atom. The average Bonchev–Trinajstić information content (AvgIpc) is 2.35. The van der Waals surface area contributed by atoms with Gasteiger partial charge in [0.25, 0.3) is 0 Å². The van der Waals surface area contributed by atoms with Gasteiger partial charge in [-0.3, -0.25) is 0 Å². The molecule has 0 aliphatic rings. The summed E-state index contributed by atoms with van der Waals surface area (Å²) in [5.41, 5.74) is 0.789. The third-order valence-corrected chi connectivity index (χ3v) is 4.80. The zero-order valence-electron chi connectivity index (χ0n) is 10.3. The summed E-state index contributed by atoms with van der Waals surface area (Å²) in [5.74, 6) is 1.07. The minimum absolute atomic E-state index is 0.456. The van der Waals surface area contributed by atoms with Crippen LogP contribution < -0.4 is 4.74 Å². The van der Waals surface area contributed by atoms with Gasteiger partial charge in [-0.1, -0.05) is 45.2 Å². The molecule has 20 heavy (non-hydrogen) atoms. The molecule has 0 aliphatic heterocycles. The fraction of sp³-hybridized carbons (Fsp3) is 0.143. The van der Waals surface area contributed by atoms with Crippen LogP contribution in [-0.4, -0.2) is 5.11 Å². The fourth-order valence-electron chi connectivity index (χ4n) is 1.62. The van der Waals surface area contributed by atoms with Gasteiger partial charge in [-0.15, -0.1) is 0 Å². The van der Waals surface area contributed by atoms with E-state index < -0.39 is 6.10 Å². The lowest BCUT2D eigenvalue weighted by Gasteiger charge is -2.12. The molecule has 1 N–H and O–H groups in total. The second-order valence-electron chi connectivity index (χ2n) is 4.16. The Morgan fingerprint density at radius 2 is 1.75 bits per heavy atom. The van der Waals surface area contributed by atoms with Crippen molar-refractivity contribution in [3.05, 3.63) is 54.9 Å². The SMILES string of the molecule is CC(O)c1ccc(Oc2cc(Cl)c(Br)cc2Cl)cc1Br. The van der Waals surface area contributed by atoms with Crippen LogP contribution in [0.1, 0.15) is 18.6 Å². The molecule has 0 saturated carbocycles. The van der Waals surface area contributed by atoms with E-state index in [4.69, 9.17) is 27.9 Å². The van der Waals surface area contributed by atoms with Gasteiger partial charge in [-0.25, -0.2) is 0 Å². The highest BCUT2D eigenvalue weighted by molar-refractivity contribution is 9.10. The average molecular weight is 441 g/mol. The van der Waals surface area contributed by atoms with Crippen molar-refractivity contribution >= 4 is 55.1 Å². The highest BCUT2D eigenvalue weighted by atomic mass is 79.9. The molecule has 0 fully saturated rings. The summed E-state index contributed by atoms with van der Waals surface area (Å²) < 4.78 is 7.19. The van der Waals surface area contributed by atoms with Crippen molar-refractivity contribution < 1.29 is 9.84 Å². The maximum Gasteiger partial charge on any atom is 0.147 e. The summed E-state index contributed by atoms with van der Waals surface area (Å²) in [6, 6.07) is 8.65. The molecule has 2 aromatic rings. The van der Waals surface area contributed by atoms with Crippen molar-refractivity contribution in [1.29, 1.82) is 0 Å². The quantitative estimate of drug-likeness (QED) is 0.562. The number of aliphatic hydroxyl groups excluding tert-OH is 1. The van der Waals surface area contributed by atoms with Crippen molar-refractivity contribution in [3.63, 3.8) is 0 Å². The molecule has 0 spiro atoms. The van der Waals surface area contributed by atoms with Gasteiger partial charge in [0, 0.05) is 15.0 Å². The smallest absolute Gasteiger partial charge is 0.147 e. The van der Waals surface area contributed by atoms with E-state index in [0.29, 0.717) is 26.0 Å². The molecule has 0 aromatic heterocycles. The Balaban J connectivity index is 2.31. The van der Waals surface area contributed by atoms with Crippen LogP contribution in [0.15, 0.2) is 39.3 Å². The Morgan fingerprint density at radius 1 is 1.05 bits per heavy atom. The summed E-state index contributed by atoms with van der Waals surface area (Å²) in [6.07, 6.45) is -0.552. The Bertz CT molecular complexity index is 645. The molecular weight excluding hydrogens is 431 g/mol. The van der Waals surface area contributed by atoms with Gasteiger partial charge < -0.3 is 9.84 Å². The molecule has 0 amide bonds. The second kappa shape index (κ2) is 6.67. The largest absolute Gasteiger partial charge is 0.456 e. The van der Waals surface area contributed by atoms with E-state index in [1.54, 1.807) is 37.3 Å². The van der Waals surface area contributed by atoms with Gasteiger partial charge in [0.2, 0.25) is 0 Å². The molecule has 2 rings (SSSR count). The molecule has 106 valence electrons. The summed E-state index contributed by atoms with van der Waals surface area (Å²) in [4.78, 5) is 0. The fourth-order valence-corrected chi connectivity index (χ4v) is 3.14. The van der Waals surface area contributed by atoms with Gasteiger partial charge in [-0.2, -0.15) is 0 Å². The molecule has 0 heterocycles. The molecule has 0 saturated heterocycles. The van der Waals surface area contributed by atoms with E-state index in [9.17, 15) is 5.11 Å². The maximum atomic E-state index is 9.58. The first-order valence-corrected chi connectivity index (χ1v) is 8.02. The first-order chi connectivity index (χ1) is 9.38. The molecule has 6 heteroatoms. The van der Waals surface area contributed by atoms with Crippen LogP contribution in [0.25, 0.3) is 0 Å². The van der Waals surface area contributed by atoms with Crippen molar-refractivity contribution in [2.75, 3.05) is 0 Å². The first kappa shape index (κ1) is 16.1. The van der Waals surface area contributed by atoms with Crippen LogP contribution >= 0.6 is 55.1 Å². The van der Waals surface area contributed by atoms with Gasteiger partial charge in [0.15, 0.2) is 0 Å². The molecule has 1 atom stereocenters. The summed E-state index contributed by atoms with van der Waals surface area (Å²) in [5, 5.41) is 10.6. The molecule has 2 nitrogen and oxygen atoms in total. The van der Waals surface area contributed by atoms with Crippen LogP contribution in [-0.2, 0) is 0 Å². The van der Waals surface area contributed by atoms with Gasteiger partial charge in [-0.05, 0) is 46.6 Å². The number of ether oxygens (including phenoxy) is 1. The van der Waals surface area contributed by atoms with Crippen LogP contribution in [0.2, 0.25) is 10.0 Å². The molecule has 0 radical (unpaired) electrons. The monoisotopic (exact) mass is 438 g/mol. The minimum atomic E-state index is -0.552. The molecule has 0 bridgehead atoms. The Kier molecular flexibility index (Phi) is 5.37. The van der Waals surface area contributed by atoms with E-state index in [1.165, 1.54) is 0 Å². The van der Waals surface area contributed by atoms with E-state index in [0.717, 1.165) is 10.0 Å². The number of benzene rings is 2. The molecular formula is C14H10Br2Cl2O2. The molecule has 1 unspecified atom stereocenters. The Hall–Kier alpha value is -0.260. The third-order valence-electron chi connectivity index (χ3n) is 2.62. The summed E-state index contributed by atoms with van der Waals surface area (Å²) >= 11 is 18.8. The van der Waals surface area contributed by atoms with Gasteiger partial charge >= 0.3 is 0 Å². The maximum absolute atomic E-state index is 9.58. The predicted octanol–water partition coefficient (Wildman–Crippen LogP) is 6.36. The standard InChI is InChI=1S/C14H10Br2Cl2O2/c1-7(19)9-3-2-8(4-10(9)15)20-14-6-12(17)11(16)5-13(14)18/h2-7,19H,1H3. The normalized spacial score (nSPS) is 12.3. The number of hydrogen-bond acceptors (Lipinski definition) is 2. The zero-order chi connectivity index (χ0) is 14.9. The van der Waals surface area contributed by atoms with Crippen LogP contribution in [0.3, 0.4) is 0 Å². The highest BCUT2D eigenvalue weighted by Gasteiger charge is 2.11. The predicted molar refractivity (Wildman–Crippen MR) is 89.0 cm³/mol. The van der Waals surface area contributed by atoms with E-state index in [2.05, 4.69) is 31.9 Å². The van der Waals surface area contributed by atoms with Crippen LogP contribution in [0.5, 0.6) is 11.5 Å². The van der Waals surface area contributed by atoms with Crippen molar-refractivity contribution in [2.45, 2.75) is 13.0 Å². The minimum Gasteiger partial charge on any atom is -0.456 e. The van der Waals surface area contributed by atoms with E-state index >= 15 is 0 Å². The zero-order valence-corrected chi connectivity index (χ0v) is 15.0. The highest BCUT2D eigenvalue weighted by Crippen LogP contribution is 2.37. The molecule has 2 aromatic carbocycles. The number of halogens is 4. The van der Waals surface area contributed by atoms with E-state index in [-0.39, 0.29) is 0 Å². The second-order valence-corrected chi connectivity index (χ2v) is 6.68. The van der Waals surface area contributed by atoms with Gasteiger partial charge in [0.05, 0.1) is 16.1 Å². The van der Waals surface area contributed by atoms with Crippen molar-refractivity contribution in [2.24, 2.45) is 0 Å². The lowest BCUT2D eigenvalue weighted by atomic mass is 10.1.